The number of aliphatic hydroxyl groups is 1. The van der Waals surface area contributed by atoms with Crippen molar-refractivity contribution in [2.75, 3.05) is 26.9 Å². The Hall–Kier alpha value is -3.75. The second-order valence-electron chi connectivity index (χ2n) is 15.5. The Bertz CT molecular complexity index is 1700. The molecule has 268 valence electrons. The number of carboxylic acid groups (broad SMARTS) is 1. The van der Waals surface area contributed by atoms with Crippen LogP contribution in [0.3, 0.4) is 0 Å². The molecule has 0 bridgehead atoms. The Morgan fingerprint density at radius 2 is 1.84 bits per heavy atom. The number of nitrogens with one attached hydrogen (secondary N) is 1. The highest BCUT2D eigenvalue weighted by molar-refractivity contribution is 6.76. The first-order chi connectivity index (χ1) is 23.0. The molecule has 14 heteroatoms. The smallest absolute Gasteiger partial charge is 0.407 e. The lowest BCUT2D eigenvalue weighted by atomic mass is 9.76. The SMILES string of the molecule is COc1cc(-c2ncnc3c(C(=O)N[C@H]4C(C(C)(C)C)N(C(=O)O)CC[C@@H]4O)c(C)n(COCC[Si](C)(C)C)c23)c(OCC2CC2)cc1F. The van der Waals surface area contributed by atoms with Crippen LogP contribution in [0, 0.1) is 24.1 Å². The maximum absolute atomic E-state index is 15.0. The molecule has 3 heterocycles. The number of hydrogen-bond acceptors (Lipinski definition) is 8. The maximum Gasteiger partial charge on any atom is 0.407 e. The summed E-state index contributed by atoms with van der Waals surface area (Å²) in [5.41, 5.74) is 1.90. The molecular formula is C35H50FN5O7Si. The number of rotatable bonds is 12. The van der Waals surface area contributed by atoms with Crippen molar-refractivity contribution in [3.05, 3.63) is 35.5 Å². The van der Waals surface area contributed by atoms with Gasteiger partial charge in [-0.05, 0) is 49.6 Å². The summed E-state index contributed by atoms with van der Waals surface area (Å²) in [6.45, 7) is 15.5. The molecule has 12 nitrogen and oxygen atoms in total. The first-order valence-corrected chi connectivity index (χ1v) is 20.6. The van der Waals surface area contributed by atoms with E-state index in [0.29, 0.717) is 52.9 Å². The van der Waals surface area contributed by atoms with Crippen LogP contribution < -0.4 is 14.8 Å². The van der Waals surface area contributed by atoms with Crippen molar-refractivity contribution in [1.29, 1.82) is 0 Å². The number of aliphatic hydroxyl groups excluding tert-OH is 1. The van der Waals surface area contributed by atoms with Crippen LogP contribution in [0.4, 0.5) is 9.18 Å². The standard InChI is InChI=1S/C35H50FN5O7Si/c1-20-27(33(43)39-29-24(42)11-12-40(34(44)45)32(29)35(2,3)4)30-31(41(20)19-47-13-14-49(6,7)8)28(37-18-38-30)22-15-26(46-5)23(36)16-25(22)48-17-21-9-10-21/h15-16,18,21,24,29,32,42H,9-14,17,19H2,1-8H3,(H,39,43)(H,44,45)/t24-,29+,32?/m0/s1. The van der Waals surface area contributed by atoms with Crippen LogP contribution in [-0.4, -0.2) is 94.8 Å². The number of benzene rings is 1. The van der Waals surface area contributed by atoms with E-state index in [1.807, 2.05) is 25.3 Å². The number of fused-ring (bicyclic) bond motifs is 1. The maximum atomic E-state index is 15.0. The van der Waals surface area contributed by atoms with Crippen molar-refractivity contribution in [3.8, 4) is 22.8 Å². The van der Waals surface area contributed by atoms with Gasteiger partial charge in [-0.1, -0.05) is 40.4 Å². The van der Waals surface area contributed by atoms with E-state index < -0.39 is 49.5 Å². The van der Waals surface area contributed by atoms with Crippen LogP contribution in [0.15, 0.2) is 18.5 Å². The molecule has 1 aliphatic carbocycles. The molecule has 2 amide bonds. The number of carbonyl (C=O) groups excluding carboxylic acids is 1. The first kappa shape index (κ1) is 36.5. The van der Waals surface area contributed by atoms with E-state index in [0.717, 1.165) is 18.9 Å². The number of amides is 2. The number of likely N-dealkylation sites (tertiary alicyclic amines) is 1. The highest BCUT2D eigenvalue weighted by Crippen LogP contribution is 2.41. The van der Waals surface area contributed by atoms with Gasteiger partial charge in [0.2, 0.25) is 0 Å². The third kappa shape index (κ3) is 8.02. The molecule has 1 aliphatic heterocycles. The van der Waals surface area contributed by atoms with Gasteiger partial charge in [0.05, 0.1) is 43.0 Å². The summed E-state index contributed by atoms with van der Waals surface area (Å²) in [6.07, 6.45) is 1.56. The summed E-state index contributed by atoms with van der Waals surface area (Å²) < 4.78 is 34.6. The van der Waals surface area contributed by atoms with Crippen molar-refractivity contribution in [3.63, 3.8) is 0 Å². The second kappa shape index (κ2) is 14.2. The Balaban J connectivity index is 1.63. The Morgan fingerprint density at radius 1 is 1.12 bits per heavy atom. The van der Waals surface area contributed by atoms with Gasteiger partial charge < -0.3 is 39.2 Å². The number of nitrogens with zero attached hydrogens (tertiary/aromatic N) is 4. The Morgan fingerprint density at radius 3 is 2.45 bits per heavy atom. The summed E-state index contributed by atoms with van der Waals surface area (Å²) in [7, 11) is -0.0127. The molecule has 1 saturated heterocycles. The van der Waals surface area contributed by atoms with Gasteiger partial charge in [0, 0.05) is 38.5 Å². The number of hydrogen-bond donors (Lipinski definition) is 3. The summed E-state index contributed by atoms with van der Waals surface area (Å²) in [6, 6.07) is 2.20. The average molecular weight is 700 g/mol. The van der Waals surface area contributed by atoms with Crippen LogP contribution in [-0.2, 0) is 11.5 Å². The minimum atomic E-state index is -1.40. The second-order valence-corrected chi connectivity index (χ2v) is 21.2. The number of piperidine rings is 1. The molecule has 3 atom stereocenters. The van der Waals surface area contributed by atoms with E-state index in [1.165, 1.54) is 24.4 Å². The lowest BCUT2D eigenvalue weighted by Crippen LogP contribution is -2.66. The van der Waals surface area contributed by atoms with Gasteiger partial charge in [-0.25, -0.2) is 19.2 Å². The molecule has 3 aromatic rings. The molecule has 2 aromatic heterocycles. The van der Waals surface area contributed by atoms with E-state index in [9.17, 15) is 19.8 Å². The minimum absolute atomic E-state index is 0.0159. The van der Waals surface area contributed by atoms with Gasteiger partial charge in [-0.15, -0.1) is 0 Å². The van der Waals surface area contributed by atoms with Crippen LogP contribution in [0.25, 0.3) is 22.3 Å². The van der Waals surface area contributed by atoms with Gasteiger partial charge in [-0.2, -0.15) is 0 Å². The minimum Gasteiger partial charge on any atom is -0.494 e. The molecule has 0 radical (unpaired) electrons. The van der Waals surface area contributed by atoms with Crippen LogP contribution in [0.5, 0.6) is 11.5 Å². The zero-order chi connectivity index (χ0) is 35.8. The van der Waals surface area contributed by atoms with Gasteiger partial charge in [-0.3, -0.25) is 4.79 Å². The molecule has 3 N–H and O–H groups in total. The fourth-order valence-electron chi connectivity index (χ4n) is 6.56. The normalized spacial score (nSPS) is 20.0. The van der Waals surface area contributed by atoms with Crippen LogP contribution in [0.1, 0.15) is 56.1 Å². The molecular weight excluding hydrogens is 649 g/mol. The molecule has 49 heavy (non-hydrogen) atoms. The van der Waals surface area contributed by atoms with E-state index in [2.05, 4.69) is 34.9 Å². The molecule has 5 rings (SSSR count). The highest BCUT2D eigenvalue weighted by Gasteiger charge is 2.46. The highest BCUT2D eigenvalue weighted by atomic mass is 28.3. The number of aromatic nitrogens is 3. The van der Waals surface area contributed by atoms with E-state index >= 15 is 4.39 Å². The Labute approximate surface area is 288 Å². The van der Waals surface area contributed by atoms with E-state index in [1.54, 1.807) is 13.0 Å². The first-order valence-electron chi connectivity index (χ1n) is 16.9. The lowest BCUT2D eigenvalue weighted by molar-refractivity contribution is -0.0240. The van der Waals surface area contributed by atoms with E-state index in [4.69, 9.17) is 14.2 Å². The predicted octanol–water partition coefficient (Wildman–Crippen LogP) is 5.91. The molecule has 1 saturated carbocycles. The summed E-state index contributed by atoms with van der Waals surface area (Å²) >= 11 is 0. The zero-order valence-corrected chi connectivity index (χ0v) is 30.8. The van der Waals surface area contributed by atoms with Gasteiger partial charge >= 0.3 is 6.09 Å². The third-order valence-corrected chi connectivity index (χ3v) is 11.1. The molecule has 0 spiro atoms. The number of methoxy groups -OCH3 is 1. The number of halogens is 1. The molecule has 1 unspecified atom stereocenters. The fourth-order valence-corrected chi connectivity index (χ4v) is 7.31. The quantitative estimate of drug-likeness (QED) is 0.155. The van der Waals surface area contributed by atoms with Gasteiger partial charge in [0.15, 0.2) is 11.6 Å². The van der Waals surface area contributed by atoms with E-state index in [-0.39, 0.29) is 31.0 Å². The van der Waals surface area contributed by atoms with Crippen LogP contribution >= 0.6 is 0 Å². The van der Waals surface area contributed by atoms with Crippen molar-refractivity contribution in [2.45, 2.75) is 97.6 Å². The Kier molecular flexibility index (Phi) is 10.6. The molecule has 1 aromatic carbocycles. The molecule has 2 aliphatic rings. The zero-order valence-electron chi connectivity index (χ0n) is 29.8. The topological polar surface area (TPSA) is 148 Å². The lowest BCUT2D eigenvalue weighted by Gasteiger charge is -2.48. The van der Waals surface area contributed by atoms with Crippen LogP contribution in [0.2, 0.25) is 25.7 Å². The monoisotopic (exact) mass is 699 g/mol. The van der Waals surface area contributed by atoms with Crippen molar-refractivity contribution in [2.24, 2.45) is 11.3 Å². The summed E-state index contributed by atoms with van der Waals surface area (Å²) in [4.78, 5) is 37.1. The van der Waals surface area contributed by atoms with Gasteiger partial charge in [0.25, 0.3) is 5.91 Å². The van der Waals surface area contributed by atoms with Crippen molar-refractivity contribution in [1.82, 2.24) is 24.8 Å². The number of ether oxygens (including phenoxy) is 3. The molecule has 2 fully saturated rings. The largest absolute Gasteiger partial charge is 0.494 e. The summed E-state index contributed by atoms with van der Waals surface area (Å²) in [5, 5.41) is 24.2. The average Bonchev–Trinajstić information content (AvgIpc) is 3.80. The number of carbonyl (C=O) groups is 2. The van der Waals surface area contributed by atoms with Crippen molar-refractivity contribution < 1.29 is 38.4 Å². The predicted molar refractivity (Wildman–Crippen MR) is 186 cm³/mol. The summed E-state index contributed by atoms with van der Waals surface area (Å²) in [5.74, 6) is -0.358. The van der Waals surface area contributed by atoms with Gasteiger partial charge in [0.1, 0.15) is 30.0 Å². The third-order valence-electron chi connectivity index (χ3n) is 9.41. The van der Waals surface area contributed by atoms with Crippen molar-refractivity contribution >= 4 is 31.1 Å². The fraction of sp³-hybridized carbons (Fsp3) is 0.600.